The summed E-state index contributed by atoms with van der Waals surface area (Å²) in [5, 5.41) is 28.7. The summed E-state index contributed by atoms with van der Waals surface area (Å²) in [6.45, 7) is 8.10. The molecule has 2 bridgehead atoms. The Bertz CT molecular complexity index is 2310. The number of carbonyl (C=O) groups is 6. The molecule has 0 radical (unpaired) electrons. The van der Waals surface area contributed by atoms with Gasteiger partial charge in [0.25, 0.3) is 0 Å². The molecule has 1 heterocycles. The van der Waals surface area contributed by atoms with Crippen LogP contribution in [0.5, 0.6) is 0 Å². The van der Waals surface area contributed by atoms with E-state index in [2.05, 4.69) is 5.32 Å². The first kappa shape index (κ1) is 46.0. The average Bonchev–Trinajstić information content (AvgIpc) is 3.25. The molecule has 2 unspecified atom stereocenters. The number of benzene rings is 3. The van der Waals surface area contributed by atoms with Crippen LogP contribution in [0.15, 0.2) is 102 Å². The molecule has 3 aliphatic carbocycles. The van der Waals surface area contributed by atoms with Crippen molar-refractivity contribution in [2.45, 2.75) is 106 Å². The number of fused-ring (bicyclic) bond motifs is 5. The van der Waals surface area contributed by atoms with Gasteiger partial charge in [-0.25, -0.2) is 0 Å². The van der Waals surface area contributed by atoms with Crippen molar-refractivity contribution >= 4 is 35.6 Å². The summed E-state index contributed by atoms with van der Waals surface area (Å²) in [4.78, 5) is 84.1. The van der Waals surface area contributed by atoms with Crippen molar-refractivity contribution in [3.8, 4) is 0 Å². The van der Waals surface area contributed by atoms with Crippen molar-refractivity contribution in [1.82, 2.24) is 5.32 Å². The first-order valence-electron chi connectivity index (χ1n) is 20.6. The number of halogens is 1. The summed E-state index contributed by atoms with van der Waals surface area (Å²) in [6, 6.07) is 23.7. The summed E-state index contributed by atoms with van der Waals surface area (Å²) < 4.78 is 40.3. The van der Waals surface area contributed by atoms with E-state index in [4.69, 9.17) is 23.7 Å². The van der Waals surface area contributed by atoms with Gasteiger partial charge in [0, 0.05) is 0 Å². The maximum absolute atomic E-state index is 15.5. The average molecular weight is 981 g/mol. The fourth-order valence-electron chi connectivity index (χ4n) is 10.3. The van der Waals surface area contributed by atoms with E-state index in [0.29, 0.717) is 11.1 Å². The second kappa shape index (κ2) is 17.5. The van der Waals surface area contributed by atoms with E-state index in [1.54, 1.807) is 99.6 Å². The van der Waals surface area contributed by atoms with E-state index in [-0.39, 0.29) is 29.7 Å². The summed E-state index contributed by atoms with van der Waals surface area (Å²) >= 11 is -2.03. The molecule has 4 N–H and O–H groups in total. The Balaban J connectivity index is 1.40. The van der Waals surface area contributed by atoms with Crippen molar-refractivity contribution in [2.75, 3.05) is 6.61 Å². The van der Waals surface area contributed by atoms with Gasteiger partial charge in [0.05, 0.1) is 0 Å². The van der Waals surface area contributed by atoms with Crippen LogP contribution in [-0.2, 0) is 42.9 Å². The Hall–Kier alpha value is -5.01. The van der Waals surface area contributed by atoms with E-state index in [0.717, 1.165) is 13.8 Å². The zero-order valence-corrected chi connectivity index (χ0v) is 37.8. The molecule has 0 aromatic heterocycles. The SMILES string of the molecule is CC(=O)O[C@H]1C(=O)[C@@]2(C)[C@H]([C@H](OC(=O)c3ccccc3)[C@]3(O)C[C@H](OC(=O)C([I-]O)C(NC(=O)c4ccccc4)c4ccccc4)C(C)=C1C3(C)C)[C@]1(OC(C)=O)CO[C@@H]1C[C@@H]2O. The molecular weight excluding hydrogens is 929 g/mol. The molecular formula is C47H51INO14-. The fourth-order valence-corrected chi connectivity index (χ4v) is 11.5. The molecule has 3 aromatic rings. The van der Waals surface area contributed by atoms with Gasteiger partial charge in [-0.3, -0.25) is 0 Å². The number of Topliss-reactive ketones (excluding diaryl/α,β-unsaturated/α-hetero) is 1. The third-order valence-electron chi connectivity index (χ3n) is 13.5. The van der Waals surface area contributed by atoms with Gasteiger partial charge in [-0.1, -0.05) is 6.07 Å². The monoisotopic (exact) mass is 980 g/mol. The number of amides is 1. The van der Waals surface area contributed by atoms with Crippen LogP contribution >= 0.6 is 0 Å². The molecule has 1 amide bonds. The fraction of sp³-hybridized carbons (Fsp3) is 0.447. The van der Waals surface area contributed by atoms with Crippen molar-refractivity contribution in [3.05, 3.63) is 119 Å². The summed E-state index contributed by atoms with van der Waals surface area (Å²) in [5.41, 5.74) is -6.68. The third kappa shape index (κ3) is 7.87. The number of nitrogens with one attached hydrogen (secondary N) is 1. The molecule has 15 nitrogen and oxygen atoms in total. The Morgan fingerprint density at radius 1 is 0.841 bits per heavy atom. The van der Waals surface area contributed by atoms with Crippen LogP contribution in [0.1, 0.15) is 86.7 Å². The normalized spacial score (nSPS) is 31.6. The molecule has 1 saturated heterocycles. The summed E-state index contributed by atoms with van der Waals surface area (Å²) in [7, 11) is 0. The van der Waals surface area contributed by atoms with E-state index in [1.807, 2.05) is 0 Å². The molecule has 16 heteroatoms. The van der Waals surface area contributed by atoms with E-state index in [1.165, 1.54) is 19.1 Å². The van der Waals surface area contributed by atoms with E-state index < -0.39 is 132 Å². The first-order valence-corrected chi connectivity index (χ1v) is 22.8. The zero-order valence-electron chi connectivity index (χ0n) is 35.6. The number of ketones is 1. The zero-order chi connectivity index (χ0) is 45.6. The number of aliphatic hydroxyl groups excluding tert-OH is 1. The molecule has 3 fully saturated rings. The van der Waals surface area contributed by atoms with Crippen molar-refractivity contribution in [2.24, 2.45) is 16.7 Å². The maximum atomic E-state index is 15.5. The van der Waals surface area contributed by atoms with Gasteiger partial charge in [-0.2, -0.15) is 0 Å². The molecule has 11 atom stereocenters. The molecule has 3 aromatic carbocycles. The number of alkyl halides is 1. The number of ether oxygens (including phenoxy) is 5. The Morgan fingerprint density at radius 3 is 1.97 bits per heavy atom. The molecule has 7 rings (SSSR count). The quantitative estimate of drug-likeness (QED) is 0.0685. The minimum atomic E-state index is -2.36. The molecule has 4 aliphatic rings. The van der Waals surface area contributed by atoms with Gasteiger partial charge in [-0.05, 0) is 0 Å². The number of aliphatic hydroxyl groups is 2. The Morgan fingerprint density at radius 2 is 1.43 bits per heavy atom. The molecule has 0 spiro atoms. The standard InChI is InChI=1S/C47H51INO14/c1-25-31(61-43(56)35(48-58)36(28-16-10-7-11-17-28)49-41(54)29-18-12-8-13-19-29)23-47(57)40(62-42(55)30-20-14-9-15-21-30)38-45(6,32(52)22-33-46(38,24-59-33)63-27(3)51)39(53)37(60-26(2)50)34(25)44(47,4)5/h7-21,31-33,35-38,40,52,57-58H,22-24H2,1-6H3,(H,49,54)/q-1/t31-,32-,33+,35?,36?,37+,38-,40-,45+,46-,47+/m0/s1. The number of rotatable bonds is 11. The van der Waals surface area contributed by atoms with Crippen molar-refractivity contribution in [1.29, 1.82) is 0 Å². The van der Waals surface area contributed by atoms with Crippen LogP contribution < -0.4 is 26.9 Å². The number of hydrogen-bond donors (Lipinski definition) is 4. The van der Waals surface area contributed by atoms with Crippen molar-refractivity contribution < 1.29 is 87.7 Å². The molecule has 2 saturated carbocycles. The number of esters is 4. The number of carbonyl (C=O) groups excluding carboxylic acids is 6. The van der Waals surface area contributed by atoms with Crippen LogP contribution in [0.25, 0.3) is 0 Å². The van der Waals surface area contributed by atoms with Gasteiger partial charge in [0.1, 0.15) is 0 Å². The van der Waals surface area contributed by atoms with Gasteiger partial charge in [0.2, 0.25) is 0 Å². The third-order valence-corrected chi connectivity index (χ3v) is 15.4. The van der Waals surface area contributed by atoms with Gasteiger partial charge < -0.3 is 0 Å². The van der Waals surface area contributed by atoms with Crippen LogP contribution in [-0.4, -0.2) is 101 Å². The molecule has 63 heavy (non-hydrogen) atoms. The summed E-state index contributed by atoms with van der Waals surface area (Å²) in [5.74, 6) is -6.42. The minimum absolute atomic E-state index is 0.0302. The van der Waals surface area contributed by atoms with Crippen LogP contribution in [0, 0.1) is 16.7 Å². The van der Waals surface area contributed by atoms with Gasteiger partial charge >= 0.3 is 371 Å². The topological polar surface area (TPSA) is 221 Å². The van der Waals surface area contributed by atoms with Crippen LogP contribution in [0.2, 0.25) is 0 Å². The Kier molecular flexibility index (Phi) is 12.8. The molecule has 1 aliphatic heterocycles. The van der Waals surface area contributed by atoms with Gasteiger partial charge in [0.15, 0.2) is 0 Å². The number of hydrogen-bond acceptors (Lipinski definition) is 14. The predicted octanol–water partition coefficient (Wildman–Crippen LogP) is 0.740. The Labute approximate surface area is 375 Å². The first-order chi connectivity index (χ1) is 29.8. The van der Waals surface area contributed by atoms with Crippen LogP contribution in [0.3, 0.4) is 0 Å². The summed E-state index contributed by atoms with van der Waals surface area (Å²) in [6.07, 6.45) is -8.30. The second-order valence-corrected chi connectivity index (χ2v) is 19.3. The predicted molar refractivity (Wildman–Crippen MR) is 218 cm³/mol. The van der Waals surface area contributed by atoms with Crippen molar-refractivity contribution in [3.63, 3.8) is 0 Å². The molecule has 336 valence electrons. The second-order valence-electron chi connectivity index (χ2n) is 17.4. The van der Waals surface area contributed by atoms with Crippen LogP contribution in [0.4, 0.5) is 0 Å². The van der Waals surface area contributed by atoms with E-state index >= 15 is 4.79 Å². The van der Waals surface area contributed by atoms with Gasteiger partial charge in [-0.15, -0.1) is 0 Å². The van der Waals surface area contributed by atoms with E-state index in [9.17, 15) is 37.6 Å².